The molecule has 0 aromatic heterocycles. The van der Waals surface area contributed by atoms with Crippen molar-refractivity contribution in [3.05, 3.63) is 71.8 Å². The van der Waals surface area contributed by atoms with Gasteiger partial charge in [0.25, 0.3) is 5.91 Å². The molecule has 2 aromatic carbocycles. The van der Waals surface area contributed by atoms with Crippen molar-refractivity contribution < 1.29 is 14.4 Å². The molecule has 3 fully saturated rings. The van der Waals surface area contributed by atoms with E-state index in [1.165, 1.54) is 5.56 Å². The number of nitrogens with zero attached hydrogens (tertiary/aromatic N) is 2. The van der Waals surface area contributed by atoms with Gasteiger partial charge in [0, 0.05) is 30.0 Å². The first-order valence-electron chi connectivity index (χ1n) is 12.4. The molecule has 6 heteroatoms. The number of carbonyl (C=O) groups excluding carboxylic acids is 3. The van der Waals surface area contributed by atoms with Gasteiger partial charge in [0.1, 0.15) is 0 Å². The predicted molar refractivity (Wildman–Crippen MR) is 130 cm³/mol. The Kier molecular flexibility index (Phi) is 5.92. The van der Waals surface area contributed by atoms with Crippen molar-refractivity contribution in [1.82, 2.24) is 15.1 Å². The second kappa shape index (κ2) is 8.90. The number of rotatable bonds is 5. The number of hydrogen-bond donors (Lipinski definition) is 1. The lowest BCUT2D eigenvalue weighted by Gasteiger charge is -2.52. The normalized spacial score (nSPS) is 29.6. The van der Waals surface area contributed by atoms with Gasteiger partial charge in [-0.3, -0.25) is 14.4 Å². The van der Waals surface area contributed by atoms with E-state index < -0.39 is 0 Å². The Morgan fingerprint density at radius 3 is 2.21 bits per heavy atom. The van der Waals surface area contributed by atoms with Gasteiger partial charge in [0.05, 0.1) is 18.6 Å². The summed E-state index contributed by atoms with van der Waals surface area (Å²) in [5, 5.41) is 2.83. The van der Waals surface area contributed by atoms with E-state index in [0.717, 1.165) is 32.1 Å². The van der Waals surface area contributed by atoms with Crippen molar-refractivity contribution in [1.29, 1.82) is 0 Å². The summed E-state index contributed by atoms with van der Waals surface area (Å²) in [6, 6.07) is 19.4. The molecule has 1 N–H and O–H groups in total. The molecule has 0 spiro atoms. The monoisotopic (exact) mass is 459 g/mol. The number of likely N-dealkylation sites (tertiary alicyclic amines) is 2. The fourth-order valence-electron chi connectivity index (χ4n) is 6.93. The number of piperidine rings is 1. The summed E-state index contributed by atoms with van der Waals surface area (Å²) in [6.45, 7) is 3.90. The van der Waals surface area contributed by atoms with E-state index >= 15 is 0 Å². The van der Waals surface area contributed by atoms with Crippen molar-refractivity contribution >= 4 is 17.7 Å². The highest BCUT2D eigenvalue weighted by molar-refractivity contribution is 5.96. The van der Waals surface area contributed by atoms with Crippen LogP contribution >= 0.6 is 0 Å². The van der Waals surface area contributed by atoms with E-state index in [9.17, 15) is 14.4 Å². The summed E-state index contributed by atoms with van der Waals surface area (Å²) >= 11 is 0. The van der Waals surface area contributed by atoms with Crippen LogP contribution in [0.4, 0.5) is 0 Å². The maximum absolute atomic E-state index is 13.6. The predicted octanol–water partition coefficient (Wildman–Crippen LogP) is 3.42. The van der Waals surface area contributed by atoms with Crippen LogP contribution in [-0.4, -0.2) is 58.2 Å². The summed E-state index contributed by atoms with van der Waals surface area (Å²) in [5.74, 6) is -0.198. The van der Waals surface area contributed by atoms with Crippen molar-refractivity contribution in [3.63, 3.8) is 0 Å². The highest BCUT2D eigenvalue weighted by Gasteiger charge is 2.64. The fourth-order valence-corrected chi connectivity index (χ4v) is 6.93. The van der Waals surface area contributed by atoms with Crippen molar-refractivity contribution in [2.45, 2.75) is 70.1 Å². The van der Waals surface area contributed by atoms with Crippen molar-refractivity contribution in [2.75, 3.05) is 6.54 Å². The smallest absolute Gasteiger partial charge is 0.251 e. The summed E-state index contributed by atoms with van der Waals surface area (Å²) < 4.78 is 0. The topological polar surface area (TPSA) is 69.7 Å². The lowest BCUT2D eigenvalue weighted by Crippen LogP contribution is -2.62. The summed E-state index contributed by atoms with van der Waals surface area (Å²) in [4.78, 5) is 43.4. The zero-order valence-electron chi connectivity index (χ0n) is 19.9. The van der Waals surface area contributed by atoms with Gasteiger partial charge in [-0.15, -0.1) is 0 Å². The van der Waals surface area contributed by atoms with Crippen LogP contribution in [0.2, 0.25) is 0 Å². The van der Waals surface area contributed by atoms with Gasteiger partial charge in [0.15, 0.2) is 0 Å². The van der Waals surface area contributed by atoms with Gasteiger partial charge in [-0.1, -0.05) is 55.5 Å². The molecule has 2 heterocycles. The van der Waals surface area contributed by atoms with Crippen LogP contribution in [0.25, 0.3) is 0 Å². The van der Waals surface area contributed by atoms with Gasteiger partial charge in [-0.25, -0.2) is 0 Å². The highest BCUT2D eigenvalue weighted by Crippen LogP contribution is 2.56. The Hall–Kier alpha value is -3.15. The summed E-state index contributed by atoms with van der Waals surface area (Å²) in [5.41, 5.74) is 1.61. The molecule has 1 saturated carbocycles. The van der Waals surface area contributed by atoms with Gasteiger partial charge in [-0.05, 0) is 49.8 Å². The molecule has 2 bridgehead atoms. The van der Waals surface area contributed by atoms with Crippen molar-refractivity contribution in [3.8, 4) is 0 Å². The average Bonchev–Trinajstić information content (AvgIpc) is 3.16. The maximum atomic E-state index is 13.6. The first-order chi connectivity index (χ1) is 16.4. The van der Waals surface area contributed by atoms with Crippen molar-refractivity contribution in [2.24, 2.45) is 5.41 Å². The van der Waals surface area contributed by atoms with E-state index in [0.29, 0.717) is 5.56 Å². The third-order valence-electron chi connectivity index (χ3n) is 8.33. The number of fused-ring (bicyclic) bond motifs is 1. The minimum atomic E-state index is -0.241. The Morgan fingerprint density at radius 2 is 1.56 bits per heavy atom. The molecule has 5 atom stereocenters. The zero-order chi connectivity index (χ0) is 23.9. The minimum absolute atomic E-state index is 0.0282. The van der Waals surface area contributed by atoms with E-state index in [2.05, 4.69) is 29.3 Å². The van der Waals surface area contributed by atoms with Gasteiger partial charge >= 0.3 is 0 Å². The lowest BCUT2D eigenvalue weighted by atomic mass is 9.64. The number of carbonyl (C=O) groups is 3. The summed E-state index contributed by atoms with van der Waals surface area (Å²) in [6.07, 6.45) is 4.56. The fraction of sp³-hybridized carbons (Fsp3) is 0.464. The molecule has 0 unspecified atom stereocenters. The van der Waals surface area contributed by atoms with E-state index in [-0.39, 0.29) is 53.8 Å². The van der Waals surface area contributed by atoms with E-state index in [1.807, 2.05) is 41.3 Å². The molecule has 2 aliphatic heterocycles. The zero-order valence-corrected chi connectivity index (χ0v) is 19.9. The Labute approximate surface area is 201 Å². The Morgan fingerprint density at radius 1 is 0.941 bits per heavy atom. The maximum Gasteiger partial charge on any atom is 0.251 e. The SMILES string of the molecule is CC(=O)N1[C@@H](Cc2ccccc2)[C@@H]2C[C@@]3(C)[C@H](CCC[C@@H]13)N2C(=O)CNC(=O)c1ccccc1. The van der Waals surface area contributed by atoms with Crippen LogP contribution in [0.3, 0.4) is 0 Å². The van der Waals surface area contributed by atoms with Gasteiger partial charge in [0.2, 0.25) is 11.8 Å². The first kappa shape index (κ1) is 22.6. The molecule has 1 aliphatic carbocycles. The molecule has 0 radical (unpaired) electrons. The van der Waals surface area contributed by atoms with Crippen LogP contribution < -0.4 is 5.32 Å². The van der Waals surface area contributed by atoms with Crippen LogP contribution in [0, 0.1) is 5.41 Å². The number of hydrogen-bond acceptors (Lipinski definition) is 3. The molecule has 2 saturated heterocycles. The number of benzene rings is 2. The van der Waals surface area contributed by atoms with E-state index in [4.69, 9.17) is 0 Å². The molecule has 3 amide bonds. The largest absolute Gasteiger partial charge is 0.343 e. The van der Waals surface area contributed by atoms with Crippen LogP contribution in [0.15, 0.2) is 60.7 Å². The Bertz CT molecular complexity index is 1070. The average molecular weight is 460 g/mol. The lowest BCUT2D eigenvalue weighted by molar-refractivity contribution is -0.143. The minimum Gasteiger partial charge on any atom is -0.343 e. The summed E-state index contributed by atoms with van der Waals surface area (Å²) in [7, 11) is 0. The first-order valence-corrected chi connectivity index (χ1v) is 12.4. The molecule has 34 heavy (non-hydrogen) atoms. The second-order valence-corrected chi connectivity index (χ2v) is 10.3. The molecule has 5 rings (SSSR count). The number of amides is 3. The van der Waals surface area contributed by atoms with Crippen LogP contribution in [-0.2, 0) is 16.0 Å². The third-order valence-corrected chi connectivity index (χ3v) is 8.33. The molecule has 178 valence electrons. The molecular formula is C28H33N3O3. The van der Waals surface area contributed by atoms with Crippen LogP contribution in [0.1, 0.15) is 55.5 Å². The van der Waals surface area contributed by atoms with Gasteiger partial charge < -0.3 is 15.1 Å². The van der Waals surface area contributed by atoms with E-state index in [1.54, 1.807) is 19.1 Å². The molecule has 3 aliphatic rings. The van der Waals surface area contributed by atoms with Crippen LogP contribution in [0.5, 0.6) is 0 Å². The Balaban J connectivity index is 1.43. The quantitative estimate of drug-likeness (QED) is 0.745. The van der Waals surface area contributed by atoms with Gasteiger partial charge in [-0.2, -0.15) is 0 Å². The molecule has 2 aromatic rings. The molecular weight excluding hydrogens is 426 g/mol. The molecule has 6 nitrogen and oxygen atoms in total. The number of nitrogens with one attached hydrogen (secondary N) is 1. The standard InChI is InChI=1S/C28H33N3O3/c1-19(32)30-22(16-20-10-5-3-6-11-20)23-17-28(2)24(30)14-9-15-25(28)31(23)26(33)18-29-27(34)21-12-7-4-8-13-21/h3-8,10-13,22-25H,9,14-18H2,1-2H3,(H,29,34)/t22-,23-,24+,25-,28+/m0/s1. The highest BCUT2D eigenvalue weighted by atomic mass is 16.2. The third kappa shape index (κ3) is 3.79. The second-order valence-electron chi connectivity index (χ2n) is 10.3.